The van der Waals surface area contributed by atoms with Gasteiger partial charge in [0, 0.05) is 11.1 Å². The molecule has 0 radical (unpaired) electrons. The fourth-order valence-corrected chi connectivity index (χ4v) is 2.16. The lowest BCUT2D eigenvalue weighted by atomic mass is 10.1. The average molecular weight is 256 g/mol. The number of hydrogen-bond donors (Lipinski definition) is 4. The zero-order valence-corrected chi connectivity index (χ0v) is 10.6. The molecule has 1 heterocycles. The number of rotatable bonds is 2. The summed E-state index contributed by atoms with van der Waals surface area (Å²) in [7, 11) is 0. The van der Waals surface area contributed by atoms with Crippen LogP contribution in [0.3, 0.4) is 0 Å². The highest BCUT2D eigenvalue weighted by atomic mass is 16.2. The van der Waals surface area contributed by atoms with E-state index in [-0.39, 0.29) is 18.2 Å². The Kier molecular flexibility index (Phi) is 3.06. The molecule has 2 aromatic carbocycles. The molecule has 1 aliphatic heterocycles. The van der Waals surface area contributed by atoms with Gasteiger partial charge in [-0.25, -0.2) is 10.9 Å². The summed E-state index contributed by atoms with van der Waals surface area (Å²) in [5.74, 6) is -0.0310. The maximum Gasteiger partial charge on any atom is 0.240 e. The van der Waals surface area contributed by atoms with Crippen LogP contribution in [-0.2, 0) is 4.79 Å². The molecule has 1 amide bonds. The van der Waals surface area contributed by atoms with Crippen LogP contribution in [0.25, 0.3) is 10.8 Å². The molecule has 0 bridgehead atoms. The number of benzene rings is 2. The normalized spacial score (nSPS) is 23.1. The van der Waals surface area contributed by atoms with Crippen LogP contribution >= 0.6 is 0 Å². The number of carbonyl (C=O) groups excluding carboxylic acids is 1. The van der Waals surface area contributed by atoms with Gasteiger partial charge in [-0.15, -0.1) is 0 Å². The quantitative estimate of drug-likeness (QED) is 0.651. The molecule has 5 nitrogen and oxygen atoms in total. The lowest BCUT2D eigenvalue weighted by Gasteiger charge is -2.30. The van der Waals surface area contributed by atoms with E-state index in [1.54, 1.807) is 6.92 Å². The molecule has 0 spiro atoms. The van der Waals surface area contributed by atoms with Gasteiger partial charge in [-0.1, -0.05) is 36.4 Å². The molecule has 5 heteroatoms. The maximum atomic E-state index is 11.6. The van der Waals surface area contributed by atoms with E-state index in [4.69, 9.17) is 0 Å². The third kappa shape index (κ3) is 2.38. The summed E-state index contributed by atoms with van der Waals surface area (Å²) in [6, 6.07) is 13.9. The van der Waals surface area contributed by atoms with E-state index in [1.165, 1.54) is 0 Å². The van der Waals surface area contributed by atoms with E-state index in [0.717, 1.165) is 16.5 Å². The molecule has 98 valence electrons. The van der Waals surface area contributed by atoms with Crippen molar-refractivity contribution in [1.82, 2.24) is 16.2 Å². The molecule has 2 aromatic rings. The molecular weight excluding hydrogens is 240 g/mol. The zero-order chi connectivity index (χ0) is 13.2. The number of hydrogen-bond acceptors (Lipinski definition) is 4. The minimum Gasteiger partial charge on any atom is -0.352 e. The van der Waals surface area contributed by atoms with Gasteiger partial charge in [-0.3, -0.25) is 4.79 Å². The summed E-state index contributed by atoms with van der Waals surface area (Å²) in [6.07, 6.45) is -0.325. The van der Waals surface area contributed by atoms with Gasteiger partial charge >= 0.3 is 0 Å². The molecule has 1 fully saturated rings. The summed E-state index contributed by atoms with van der Waals surface area (Å²) in [4.78, 5) is 11.6. The Morgan fingerprint density at radius 1 is 1.05 bits per heavy atom. The van der Waals surface area contributed by atoms with Crippen molar-refractivity contribution < 1.29 is 4.79 Å². The van der Waals surface area contributed by atoms with Crippen LogP contribution < -0.4 is 21.5 Å². The molecule has 2 unspecified atom stereocenters. The van der Waals surface area contributed by atoms with Crippen LogP contribution in [0.2, 0.25) is 0 Å². The highest BCUT2D eigenvalue weighted by Gasteiger charge is 2.23. The number of fused-ring (bicyclic) bond motifs is 1. The summed E-state index contributed by atoms with van der Waals surface area (Å²) in [5.41, 5.74) is 6.92. The number of nitrogens with one attached hydrogen (secondary N) is 4. The number of hydrazine groups is 1. The SMILES string of the molecule is CC1NNC(Nc2cccc3ccccc23)NC1=O. The van der Waals surface area contributed by atoms with Gasteiger partial charge in [0.25, 0.3) is 0 Å². The van der Waals surface area contributed by atoms with Gasteiger partial charge < -0.3 is 10.6 Å². The van der Waals surface area contributed by atoms with Crippen LogP contribution in [0.4, 0.5) is 5.69 Å². The predicted molar refractivity (Wildman–Crippen MR) is 75.2 cm³/mol. The Hall–Kier alpha value is -2.11. The van der Waals surface area contributed by atoms with Gasteiger partial charge in [-0.2, -0.15) is 0 Å². The largest absolute Gasteiger partial charge is 0.352 e. The van der Waals surface area contributed by atoms with Crippen LogP contribution in [-0.4, -0.2) is 18.2 Å². The second-order valence-electron chi connectivity index (χ2n) is 4.62. The van der Waals surface area contributed by atoms with Crippen molar-refractivity contribution >= 4 is 22.4 Å². The molecule has 4 N–H and O–H groups in total. The molecule has 0 saturated carbocycles. The fraction of sp³-hybridized carbons (Fsp3) is 0.214. The second-order valence-corrected chi connectivity index (χ2v) is 4.62. The summed E-state index contributed by atoms with van der Waals surface area (Å²) < 4.78 is 0. The van der Waals surface area contributed by atoms with Gasteiger partial charge in [0.05, 0.1) is 6.04 Å². The molecule has 0 aromatic heterocycles. The second kappa shape index (κ2) is 4.87. The minimum atomic E-state index is -0.325. The van der Waals surface area contributed by atoms with Gasteiger partial charge in [-0.05, 0) is 18.4 Å². The fourth-order valence-electron chi connectivity index (χ4n) is 2.16. The number of amides is 1. The van der Waals surface area contributed by atoms with E-state index in [2.05, 4.69) is 39.7 Å². The molecule has 19 heavy (non-hydrogen) atoms. The minimum absolute atomic E-state index is 0.0310. The topological polar surface area (TPSA) is 65.2 Å². The maximum absolute atomic E-state index is 11.6. The third-order valence-corrected chi connectivity index (χ3v) is 3.21. The van der Waals surface area contributed by atoms with Crippen molar-refractivity contribution in [3.8, 4) is 0 Å². The average Bonchev–Trinajstić information content (AvgIpc) is 2.43. The number of anilines is 1. The monoisotopic (exact) mass is 256 g/mol. The van der Waals surface area contributed by atoms with Gasteiger partial charge in [0.15, 0.2) is 6.29 Å². The van der Waals surface area contributed by atoms with Crippen LogP contribution in [0.5, 0.6) is 0 Å². The molecule has 2 atom stereocenters. The van der Waals surface area contributed by atoms with Crippen molar-refractivity contribution in [2.24, 2.45) is 0 Å². The Labute approximate surface area is 111 Å². The standard InChI is InChI=1S/C14H16N4O/c1-9-13(19)16-14(18-17-9)15-12-8-4-6-10-5-2-3-7-11(10)12/h2-9,14-15,17-18H,1H3,(H,16,19). The van der Waals surface area contributed by atoms with E-state index in [0.29, 0.717) is 0 Å². The van der Waals surface area contributed by atoms with E-state index >= 15 is 0 Å². The van der Waals surface area contributed by atoms with Crippen molar-refractivity contribution in [3.05, 3.63) is 42.5 Å². The molecule has 1 aliphatic rings. The zero-order valence-electron chi connectivity index (χ0n) is 10.6. The first-order valence-corrected chi connectivity index (χ1v) is 6.30. The van der Waals surface area contributed by atoms with Gasteiger partial charge in [0.2, 0.25) is 5.91 Å². The molecule has 3 rings (SSSR count). The van der Waals surface area contributed by atoms with Crippen molar-refractivity contribution in [2.75, 3.05) is 5.32 Å². The highest BCUT2D eigenvalue weighted by molar-refractivity contribution is 5.94. The lowest BCUT2D eigenvalue weighted by Crippen LogP contribution is -2.66. The summed E-state index contributed by atoms with van der Waals surface area (Å²) >= 11 is 0. The third-order valence-electron chi connectivity index (χ3n) is 3.21. The first kappa shape index (κ1) is 12.0. The first-order valence-electron chi connectivity index (χ1n) is 6.30. The van der Waals surface area contributed by atoms with Crippen molar-refractivity contribution in [3.63, 3.8) is 0 Å². The van der Waals surface area contributed by atoms with Crippen LogP contribution in [0, 0.1) is 0 Å². The Morgan fingerprint density at radius 3 is 2.68 bits per heavy atom. The summed E-state index contributed by atoms with van der Waals surface area (Å²) in [6.45, 7) is 1.80. The Balaban J connectivity index is 1.84. The Morgan fingerprint density at radius 2 is 1.84 bits per heavy atom. The van der Waals surface area contributed by atoms with Crippen LogP contribution in [0.1, 0.15) is 6.92 Å². The van der Waals surface area contributed by atoms with Gasteiger partial charge in [0.1, 0.15) is 0 Å². The molecule has 1 saturated heterocycles. The smallest absolute Gasteiger partial charge is 0.240 e. The number of carbonyl (C=O) groups is 1. The Bertz CT molecular complexity index is 608. The summed E-state index contributed by atoms with van der Waals surface area (Å²) in [5, 5.41) is 8.41. The first-order chi connectivity index (χ1) is 9.24. The van der Waals surface area contributed by atoms with E-state index < -0.39 is 0 Å². The highest BCUT2D eigenvalue weighted by Crippen LogP contribution is 2.23. The molecular formula is C14H16N4O. The predicted octanol–water partition coefficient (Wildman–Crippen LogP) is 1.15. The van der Waals surface area contributed by atoms with E-state index in [1.807, 2.05) is 24.3 Å². The van der Waals surface area contributed by atoms with E-state index in [9.17, 15) is 4.79 Å². The van der Waals surface area contributed by atoms with Crippen molar-refractivity contribution in [1.29, 1.82) is 0 Å². The molecule has 0 aliphatic carbocycles. The van der Waals surface area contributed by atoms with Crippen molar-refractivity contribution in [2.45, 2.75) is 19.3 Å². The lowest BCUT2D eigenvalue weighted by molar-refractivity contribution is -0.125. The van der Waals surface area contributed by atoms with Crippen LogP contribution in [0.15, 0.2) is 42.5 Å².